The number of hydrogen-bond donors (Lipinski definition) is 0. The Bertz CT molecular complexity index is 99.9. The summed E-state index contributed by atoms with van der Waals surface area (Å²) in [5, 5.41) is 0. The van der Waals surface area contributed by atoms with Crippen molar-refractivity contribution < 1.29 is 8.78 Å². The first-order chi connectivity index (χ1) is 2.81. The highest BCUT2D eigenvalue weighted by molar-refractivity contribution is 4.93. The molecule has 0 aromatic heterocycles. The summed E-state index contributed by atoms with van der Waals surface area (Å²) < 4.78 is 21.6. The van der Waals surface area contributed by atoms with Gasteiger partial charge in [0.25, 0.3) is 0 Å². The Morgan fingerprint density at radius 3 is 2.33 bits per heavy atom. The van der Waals surface area contributed by atoms with Gasteiger partial charge in [-0.3, -0.25) is 0 Å². The van der Waals surface area contributed by atoms with Gasteiger partial charge < -0.3 is 0 Å². The lowest BCUT2D eigenvalue weighted by atomic mass is 11.0. The van der Waals surface area contributed by atoms with Crippen LogP contribution in [0.5, 0.6) is 0 Å². The van der Waals surface area contributed by atoms with Gasteiger partial charge in [-0.25, -0.2) is 13.6 Å². The maximum absolute atomic E-state index is 11.0. The van der Waals surface area contributed by atoms with Crippen LogP contribution in [0, 0.1) is 6.57 Å². The van der Waals surface area contributed by atoms with E-state index in [1.54, 1.807) is 0 Å². The summed E-state index contributed by atoms with van der Waals surface area (Å²) in [5.41, 5.74) is 0. The minimum Gasteiger partial charge on any atom is -0.234 e. The molecule has 0 aliphatic heterocycles. The first-order valence-electron chi connectivity index (χ1n) is 1.14. The molecule has 0 saturated carbocycles. The first kappa shape index (κ1) is 5.09. The molecule has 0 amide bonds. The smallest absolute Gasteiger partial charge is 0.234 e. The maximum Gasteiger partial charge on any atom is 0.359 e. The van der Waals surface area contributed by atoms with Crippen LogP contribution in [0.2, 0.25) is 0 Å². The van der Waals surface area contributed by atoms with E-state index in [1.165, 1.54) is 0 Å². The average Bonchev–Trinajstić information content (AvgIpc) is 1.65. The summed E-state index contributed by atoms with van der Waals surface area (Å²) in [5.74, 6) is -1.41. The van der Waals surface area contributed by atoms with Gasteiger partial charge >= 0.3 is 5.95 Å². The molecule has 0 saturated heterocycles. The summed E-state index contributed by atoms with van der Waals surface area (Å²) in [6.07, 6.45) is -0.382. The molecule has 6 heavy (non-hydrogen) atoms. The fraction of sp³-hybridized carbons (Fsp3) is 0. The van der Waals surface area contributed by atoms with Crippen LogP contribution in [-0.2, 0) is 0 Å². The summed E-state index contributed by atoms with van der Waals surface area (Å²) in [6.45, 7) is 5.75. The van der Waals surface area contributed by atoms with Gasteiger partial charge in [0, 0.05) is 0 Å². The van der Waals surface area contributed by atoms with Crippen molar-refractivity contribution in [2.45, 2.75) is 0 Å². The van der Waals surface area contributed by atoms with E-state index in [-0.39, 0.29) is 6.33 Å². The van der Waals surface area contributed by atoms with Gasteiger partial charge in [0.15, 0.2) is 0 Å². The summed E-state index contributed by atoms with van der Waals surface area (Å²) in [7, 11) is 0. The van der Waals surface area contributed by atoms with Crippen LogP contribution in [0.3, 0.4) is 0 Å². The predicted molar refractivity (Wildman–Crippen MR) is 16.9 cm³/mol. The maximum atomic E-state index is 11.0. The molecule has 1 nitrogen and oxygen atoms in total. The molecule has 0 radical (unpaired) electrons. The SMILES string of the molecule is [C-]#[N+]/C(F)=C/F. The van der Waals surface area contributed by atoms with Crippen LogP contribution >= 0.6 is 0 Å². The van der Waals surface area contributed by atoms with Crippen molar-refractivity contribution in [3.63, 3.8) is 0 Å². The van der Waals surface area contributed by atoms with Crippen molar-refractivity contribution >= 4 is 0 Å². The molecule has 0 N–H and O–H groups in total. The highest BCUT2D eigenvalue weighted by atomic mass is 19.2. The molecule has 0 spiro atoms. The van der Waals surface area contributed by atoms with Crippen molar-refractivity contribution in [2.75, 3.05) is 0 Å². The van der Waals surface area contributed by atoms with Gasteiger partial charge in [0.2, 0.25) is 0 Å². The molecule has 0 aromatic rings. The Morgan fingerprint density at radius 2 is 2.33 bits per heavy atom. The number of rotatable bonds is 0. The van der Waals surface area contributed by atoms with E-state index in [4.69, 9.17) is 6.57 Å². The molecule has 0 aliphatic rings. The number of nitrogens with zero attached hydrogens (tertiary/aromatic N) is 1. The van der Waals surface area contributed by atoms with Gasteiger partial charge in [-0.05, 0) is 0 Å². The molecule has 0 aromatic carbocycles. The van der Waals surface area contributed by atoms with E-state index in [0.29, 0.717) is 0 Å². The molecule has 0 aliphatic carbocycles. The molecule has 0 atom stereocenters. The van der Waals surface area contributed by atoms with Gasteiger partial charge in [-0.1, -0.05) is 0 Å². The Hall–Kier alpha value is -0.910. The van der Waals surface area contributed by atoms with Crippen molar-refractivity contribution in [3.05, 3.63) is 23.7 Å². The van der Waals surface area contributed by atoms with E-state index in [1.807, 2.05) is 0 Å². The van der Waals surface area contributed by atoms with Crippen molar-refractivity contribution in [1.29, 1.82) is 0 Å². The quantitative estimate of drug-likeness (QED) is 0.314. The highest BCUT2D eigenvalue weighted by Crippen LogP contribution is 1.94. The molecular weight excluding hydrogens is 88.0 g/mol. The minimum atomic E-state index is -1.41. The standard InChI is InChI=1S/C3HF2N/c1-6-3(5)2-4/h2H/b3-2+. The third-order valence-electron chi connectivity index (χ3n) is 0.197. The molecule has 32 valence electrons. The Morgan fingerprint density at radius 1 is 1.83 bits per heavy atom. The molecule has 0 heterocycles. The normalized spacial score (nSPS) is 10.5. The van der Waals surface area contributed by atoms with Crippen LogP contribution in [0.15, 0.2) is 12.3 Å². The molecule has 0 unspecified atom stereocenters. The highest BCUT2D eigenvalue weighted by Gasteiger charge is 1.81. The zero-order valence-electron chi connectivity index (χ0n) is 2.78. The first-order valence-corrected chi connectivity index (χ1v) is 1.14. The number of halogens is 2. The molecule has 0 fully saturated rings. The summed E-state index contributed by atoms with van der Waals surface area (Å²) in [6, 6.07) is 0. The zero-order valence-corrected chi connectivity index (χ0v) is 2.78. The lowest BCUT2D eigenvalue weighted by Gasteiger charge is -1.64. The van der Waals surface area contributed by atoms with Crippen LogP contribution in [0.1, 0.15) is 0 Å². The topological polar surface area (TPSA) is 4.36 Å². The van der Waals surface area contributed by atoms with Gasteiger partial charge in [0.05, 0.1) is 6.57 Å². The molecule has 0 rings (SSSR count). The Balaban J connectivity index is 3.61. The van der Waals surface area contributed by atoms with Crippen LogP contribution in [-0.4, -0.2) is 0 Å². The van der Waals surface area contributed by atoms with E-state index < -0.39 is 5.95 Å². The van der Waals surface area contributed by atoms with Gasteiger partial charge in [-0.2, -0.15) is 0 Å². The fourth-order valence-corrected chi connectivity index (χ4v) is 0.0244. The van der Waals surface area contributed by atoms with Crippen molar-refractivity contribution in [2.24, 2.45) is 0 Å². The van der Waals surface area contributed by atoms with Crippen molar-refractivity contribution in [1.82, 2.24) is 0 Å². The van der Waals surface area contributed by atoms with Gasteiger partial charge in [-0.15, -0.1) is 0 Å². The van der Waals surface area contributed by atoms with Crippen LogP contribution in [0.25, 0.3) is 4.85 Å². The predicted octanol–water partition coefficient (Wildman–Crippen LogP) is 1.64. The molecule has 0 bridgehead atoms. The Labute approximate surface area is 33.7 Å². The summed E-state index contributed by atoms with van der Waals surface area (Å²) >= 11 is 0. The minimum absolute atomic E-state index is 0.382. The third-order valence-corrected chi connectivity index (χ3v) is 0.197. The fourth-order valence-electron chi connectivity index (χ4n) is 0.0244. The van der Waals surface area contributed by atoms with Gasteiger partial charge in [0.1, 0.15) is 6.33 Å². The average molecular weight is 89.0 g/mol. The molecule has 3 heteroatoms. The second kappa shape index (κ2) is 2.33. The number of hydrogen-bond acceptors (Lipinski definition) is 0. The second-order valence-corrected chi connectivity index (χ2v) is 0.544. The van der Waals surface area contributed by atoms with Crippen LogP contribution < -0.4 is 0 Å². The van der Waals surface area contributed by atoms with Crippen molar-refractivity contribution in [3.8, 4) is 0 Å². The van der Waals surface area contributed by atoms with E-state index in [0.717, 1.165) is 0 Å². The lowest BCUT2D eigenvalue weighted by molar-refractivity contribution is 0.605. The zero-order chi connectivity index (χ0) is 4.99. The monoisotopic (exact) mass is 89.0 g/mol. The van der Waals surface area contributed by atoms with E-state index in [9.17, 15) is 8.78 Å². The summed E-state index contributed by atoms with van der Waals surface area (Å²) in [4.78, 5) is 2.08. The van der Waals surface area contributed by atoms with E-state index >= 15 is 0 Å². The van der Waals surface area contributed by atoms with E-state index in [2.05, 4.69) is 4.85 Å². The third kappa shape index (κ3) is 1.41. The second-order valence-electron chi connectivity index (χ2n) is 0.544. The van der Waals surface area contributed by atoms with Crippen LogP contribution in [0.4, 0.5) is 8.78 Å². The Kier molecular flexibility index (Phi) is 1.98. The largest absolute Gasteiger partial charge is 0.359 e. The molecular formula is C3HF2N. The lowest BCUT2D eigenvalue weighted by Crippen LogP contribution is -1.47.